The van der Waals surface area contributed by atoms with Gasteiger partial charge in [0.2, 0.25) is 5.13 Å². The summed E-state index contributed by atoms with van der Waals surface area (Å²) in [6, 6.07) is 0. The van der Waals surface area contributed by atoms with Gasteiger partial charge in [0.15, 0.2) is 0 Å². The van der Waals surface area contributed by atoms with Crippen molar-refractivity contribution in [2.24, 2.45) is 5.92 Å². The highest BCUT2D eigenvalue weighted by atomic mass is 32.1. The minimum atomic E-state index is 0.420. The van der Waals surface area contributed by atoms with Crippen LogP contribution in [0.5, 0.6) is 0 Å². The Hall–Kier alpha value is -0.680. The average molecular weight is 254 g/mol. The van der Waals surface area contributed by atoms with Crippen LogP contribution in [0.15, 0.2) is 0 Å². The number of aromatic nitrogens is 2. The third-order valence-electron chi connectivity index (χ3n) is 3.32. The molecule has 17 heavy (non-hydrogen) atoms. The summed E-state index contributed by atoms with van der Waals surface area (Å²) in [5.74, 6) is 2.14. The van der Waals surface area contributed by atoms with Crippen LogP contribution in [0.1, 0.15) is 38.9 Å². The summed E-state index contributed by atoms with van der Waals surface area (Å²) in [5.41, 5.74) is 0. The lowest BCUT2D eigenvalue weighted by Gasteiger charge is -2.13. The second-order valence-corrected chi connectivity index (χ2v) is 5.79. The van der Waals surface area contributed by atoms with Gasteiger partial charge in [0.25, 0.3) is 0 Å². The van der Waals surface area contributed by atoms with Crippen molar-refractivity contribution in [3.63, 3.8) is 0 Å². The Bertz CT molecular complexity index is 350. The van der Waals surface area contributed by atoms with Crippen molar-refractivity contribution in [3.05, 3.63) is 5.82 Å². The summed E-state index contributed by atoms with van der Waals surface area (Å²) < 4.78 is 4.35. The van der Waals surface area contributed by atoms with Crippen molar-refractivity contribution < 1.29 is 0 Å². The summed E-state index contributed by atoms with van der Waals surface area (Å²) in [4.78, 5) is 7.00. The molecule has 0 saturated carbocycles. The summed E-state index contributed by atoms with van der Waals surface area (Å²) in [7, 11) is 0. The van der Waals surface area contributed by atoms with Crippen molar-refractivity contribution in [3.8, 4) is 0 Å². The average Bonchev–Trinajstić information content (AvgIpc) is 2.95. The van der Waals surface area contributed by atoms with E-state index >= 15 is 0 Å². The van der Waals surface area contributed by atoms with Crippen molar-refractivity contribution in [1.82, 2.24) is 14.3 Å². The fourth-order valence-electron chi connectivity index (χ4n) is 2.14. The molecule has 0 amide bonds. The molecule has 0 aromatic carbocycles. The van der Waals surface area contributed by atoms with E-state index in [1.54, 1.807) is 0 Å². The van der Waals surface area contributed by atoms with Crippen molar-refractivity contribution in [2.75, 3.05) is 31.5 Å². The van der Waals surface area contributed by atoms with E-state index in [0.29, 0.717) is 5.92 Å². The Morgan fingerprint density at radius 3 is 2.94 bits per heavy atom. The summed E-state index contributed by atoms with van der Waals surface area (Å²) in [5, 5.41) is 4.40. The lowest BCUT2D eigenvalue weighted by molar-refractivity contribution is 0.345. The molecule has 1 N–H and O–H groups in total. The zero-order valence-electron chi connectivity index (χ0n) is 10.9. The number of hydrogen-bond donors (Lipinski definition) is 1. The molecule has 1 aliphatic heterocycles. The topological polar surface area (TPSA) is 41.0 Å². The third kappa shape index (κ3) is 3.39. The number of nitrogens with one attached hydrogen (secondary N) is 1. The molecular formula is C12H22N4S. The predicted molar refractivity (Wildman–Crippen MR) is 72.7 cm³/mol. The minimum absolute atomic E-state index is 0.420. The highest BCUT2D eigenvalue weighted by molar-refractivity contribution is 7.09. The van der Waals surface area contributed by atoms with Gasteiger partial charge >= 0.3 is 0 Å². The largest absolute Gasteiger partial charge is 0.360 e. The van der Waals surface area contributed by atoms with E-state index in [1.807, 2.05) is 0 Å². The zero-order valence-corrected chi connectivity index (χ0v) is 11.8. The Morgan fingerprint density at radius 2 is 2.35 bits per heavy atom. The lowest BCUT2D eigenvalue weighted by atomic mass is 10.1. The van der Waals surface area contributed by atoms with Crippen LogP contribution in [0.4, 0.5) is 5.13 Å². The van der Waals surface area contributed by atoms with Crippen LogP contribution in [0.2, 0.25) is 0 Å². The maximum atomic E-state index is 4.49. The molecule has 5 heteroatoms. The van der Waals surface area contributed by atoms with Gasteiger partial charge in [0.05, 0.1) is 0 Å². The smallest absolute Gasteiger partial charge is 0.202 e. The minimum Gasteiger partial charge on any atom is -0.360 e. The van der Waals surface area contributed by atoms with E-state index in [0.717, 1.165) is 23.4 Å². The van der Waals surface area contributed by atoms with Gasteiger partial charge < -0.3 is 10.2 Å². The lowest BCUT2D eigenvalue weighted by Crippen LogP contribution is -2.22. The highest BCUT2D eigenvalue weighted by Gasteiger charge is 2.21. The van der Waals surface area contributed by atoms with Crippen LogP contribution in [0.3, 0.4) is 0 Å². The summed E-state index contributed by atoms with van der Waals surface area (Å²) in [6.45, 7) is 11.2. The quantitative estimate of drug-likeness (QED) is 0.876. The molecule has 1 aromatic heterocycles. The standard InChI is InChI=1S/C12H22N4S/c1-4-16-6-5-10(8-16)7-13-12-14-11(9(2)3)15-17-12/h9-10H,4-8H2,1-3H3,(H,13,14,15). The molecule has 1 saturated heterocycles. The van der Waals surface area contributed by atoms with Crippen LogP contribution in [0, 0.1) is 5.92 Å². The van der Waals surface area contributed by atoms with E-state index in [-0.39, 0.29) is 0 Å². The first-order chi connectivity index (χ1) is 8.19. The van der Waals surface area contributed by atoms with E-state index in [1.165, 1.54) is 37.6 Å². The van der Waals surface area contributed by atoms with Gasteiger partial charge in [-0.3, -0.25) is 0 Å². The van der Waals surface area contributed by atoms with Crippen LogP contribution in [-0.4, -0.2) is 40.4 Å². The fourth-order valence-corrected chi connectivity index (χ4v) is 2.85. The molecule has 0 aliphatic carbocycles. The molecule has 0 radical (unpaired) electrons. The predicted octanol–water partition coefficient (Wildman–Crippen LogP) is 2.42. The van der Waals surface area contributed by atoms with E-state index in [9.17, 15) is 0 Å². The number of anilines is 1. The molecule has 1 fully saturated rings. The van der Waals surface area contributed by atoms with Crippen LogP contribution >= 0.6 is 11.5 Å². The van der Waals surface area contributed by atoms with Gasteiger partial charge in [-0.1, -0.05) is 20.8 Å². The highest BCUT2D eigenvalue weighted by Crippen LogP contribution is 2.20. The molecule has 1 aromatic rings. The molecule has 0 spiro atoms. The monoisotopic (exact) mass is 254 g/mol. The molecule has 1 unspecified atom stereocenters. The van der Waals surface area contributed by atoms with Crippen molar-refractivity contribution >= 4 is 16.7 Å². The van der Waals surface area contributed by atoms with E-state index < -0.39 is 0 Å². The first-order valence-electron chi connectivity index (χ1n) is 6.48. The van der Waals surface area contributed by atoms with Crippen molar-refractivity contribution in [1.29, 1.82) is 0 Å². The van der Waals surface area contributed by atoms with E-state index in [4.69, 9.17) is 0 Å². The van der Waals surface area contributed by atoms with Crippen LogP contribution < -0.4 is 5.32 Å². The maximum Gasteiger partial charge on any atom is 0.202 e. The molecule has 1 atom stereocenters. The zero-order chi connectivity index (χ0) is 12.3. The second-order valence-electron chi connectivity index (χ2n) is 5.04. The van der Waals surface area contributed by atoms with Gasteiger partial charge in [-0.2, -0.15) is 4.37 Å². The van der Waals surface area contributed by atoms with E-state index in [2.05, 4.69) is 40.3 Å². The van der Waals surface area contributed by atoms with Crippen LogP contribution in [0.25, 0.3) is 0 Å². The normalized spacial score (nSPS) is 21.3. The maximum absolute atomic E-state index is 4.49. The molecule has 2 heterocycles. The van der Waals surface area contributed by atoms with Crippen molar-refractivity contribution in [2.45, 2.75) is 33.1 Å². The fraction of sp³-hybridized carbons (Fsp3) is 0.833. The second kappa shape index (κ2) is 5.78. The molecule has 4 nitrogen and oxygen atoms in total. The van der Waals surface area contributed by atoms with Gasteiger partial charge in [-0.25, -0.2) is 4.98 Å². The molecular weight excluding hydrogens is 232 g/mol. The summed E-state index contributed by atoms with van der Waals surface area (Å²) >= 11 is 1.48. The van der Waals surface area contributed by atoms with Gasteiger partial charge in [-0.05, 0) is 25.4 Å². The Labute approximate surface area is 108 Å². The molecule has 96 valence electrons. The number of rotatable bonds is 5. The van der Waals surface area contributed by atoms with Gasteiger partial charge in [0.1, 0.15) is 5.82 Å². The summed E-state index contributed by atoms with van der Waals surface area (Å²) in [6.07, 6.45) is 1.30. The Morgan fingerprint density at radius 1 is 1.53 bits per heavy atom. The molecule has 1 aliphatic rings. The Kier molecular flexibility index (Phi) is 4.34. The molecule has 0 bridgehead atoms. The van der Waals surface area contributed by atoms with Gasteiger partial charge in [-0.15, -0.1) is 0 Å². The SMILES string of the molecule is CCN1CCC(CNc2nc(C(C)C)ns2)C1. The number of nitrogens with zero attached hydrogens (tertiary/aromatic N) is 3. The number of likely N-dealkylation sites (tertiary alicyclic amines) is 1. The Balaban J connectivity index is 1.78. The molecule has 2 rings (SSSR count). The first kappa shape index (κ1) is 12.8. The first-order valence-corrected chi connectivity index (χ1v) is 7.26. The third-order valence-corrected chi connectivity index (χ3v) is 4.00. The van der Waals surface area contributed by atoms with Gasteiger partial charge in [0, 0.05) is 30.5 Å². The van der Waals surface area contributed by atoms with Crippen LogP contribution in [-0.2, 0) is 0 Å². The number of hydrogen-bond acceptors (Lipinski definition) is 5.